The lowest BCUT2D eigenvalue weighted by Gasteiger charge is -2.26. The molecule has 2 aliphatic heterocycles. The quantitative estimate of drug-likeness (QED) is 0.205. The van der Waals surface area contributed by atoms with Gasteiger partial charge in [0.25, 0.3) is 11.8 Å². The average Bonchev–Trinajstić information content (AvgIpc) is 3.86. The summed E-state index contributed by atoms with van der Waals surface area (Å²) in [7, 11) is 0. The van der Waals surface area contributed by atoms with Gasteiger partial charge >= 0.3 is 0 Å². The predicted molar refractivity (Wildman–Crippen MR) is 188 cm³/mol. The highest BCUT2D eigenvalue weighted by atomic mass is 16.3. The van der Waals surface area contributed by atoms with E-state index < -0.39 is 36.1 Å². The fraction of sp³-hybridized carbons (Fsp3) is 0.250. The smallest absolute Gasteiger partial charge is 0.256 e. The number of aliphatic hydroxyl groups is 2. The van der Waals surface area contributed by atoms with Crippen LogP contribution in [0, 0.1) is 11.8 Å². The largest absolute Gasteiger partial charge is 0.378 e. The number of anilines is 2. The fourth-order valence-electron chi connectivity index (χ4n) is 6.35. The molecule has 2 aliphatic rings. The number of benzene rings is 4. The summed E-state index contributed by atoms with van der Waals surface area (Å²) in [6.45, 7) is 0.812. The van der Waals surface area contributed by atoms with Gasteiger partial charge < -0.3 is 30.6 Å². The van der Waals surface area contributed by atoms with Crippen molar-refractivity contribution in [3.63, 3.8) is 0 Å². The molecule has 0 aliphatic carbocycles. The Hall–Kier alpha value is -5.76. The molecule has 2 heterocycles. The third-order valence-electron chi connectivity index (χ3n) is 9.03. The first kappa shape index (κ1) is 34.1. The van der Waals surface area contributed by atoms with Crippen LogP contribution in [0.2, 0.25) is 0 Å². The normalized spacial score (nSPS) is 18.0. The molecule has 10 heteroatoms. The van der Waals surface area contributed by atoms with Crippen LogP contribution in [0.15, 0.2) is 109 Å². The summed E-state index contributed by atoms with van der Waals surface area (Å²) < 4.78 is 0. The second-order valence-electron chi connectivity index (χ2n) is 12.4. The first-order chi connectivity index (χ1) is 24.3. The van der Waals surface area contributed by atoms with E-state index in [1.54, 1.807) is 97.1 Å². The number of likely N-dealkylation sites (tertiary alicyclic amines) is 2. The van der Waals surface area contributed by atoms with Crippen LogP contribution in [-0.2, 0) is 19.2 Å². The van der Waals surface area contributed by atoms with E-state index in [2.05, 4.69) is 22.5 Å². The van der Waals surface area contributed by atoms with Gasteiger partial charge in [-0.1, -0.05) is 72.5 Å². The van der Waals surface area contributed by atoms with Crippen LogP contribution in [0.25, 0.3) is 0 Å². The van der Waals surface area contributed by atoms with Crippen molar-refractivity contribution in [3.05, 3.63) is 131 Å². The molecule has 0 unspecified atom stereocenters. The molecular formula is C40H38N4O6. The fourth-order valence-corrected chi connectivity index (χ4v) is 6.35. The topological polar surface area (TPSA) is 139 Å². The van der Waals surface area contributed by atoms with Crippen LogP contribution in [-0.4, -0.2) is 68.8 Å². The van der Waals surface area contributed by atoms with Crippen molar-refractivity contribution in [2.45, 2.75) is 50.0 Å². The number of hydrogen-bond acceptors (Lipinski definition) is 6. The zero-order chi connectivity index (χ0) is 35.0. The van der Waals surface area contributed by atoms with Crippen molar-refractivity contribution in [1.29, 1.82) is 0 Å². The van der Waals surface area contributed by atoms with E-state index in [0.29, 0.717) is 61.3 Å². The van der Waals surface area contributed by atoms with Crippen molar-refractivity contribution < 1.29 is 29.4 Å². The molecule has 0 saturated carbocycles. The molecule has 2 saturated heterocycles. The highest BCUT2D eigenvalue weighted by Crippen LogP contribution is 2.26. The van der Waals surface area contributed by atoms with E-state index in [9.17, 15) is 29.4 Å². The Labute approximate surface area is 290 Å². The van der Waals surface area contributed by atoms with Gasteiger partial charge in [-0.25, -0.2) is 0 Å². The van der Waals surface area contributed by atoms with Crippen LogP contribution in [0.3, 0.4) is 0 Å². The first-order valence-electron chi connectivity index (χ1n) is 16.7. The Morgan fingerprint density at radius 2 is 0.920 bits per heavy atom. The maximum Gasteiger partial charge on any atom is 0.256 e. The molecule has 0 spiro atoms. The maximum atomic E-state index is 13.1. The molecule has 0 aromatic heterocycles. The first-order valence-corrected chi connectivity index (χ1v) is 16.7. The second-order valence-corrected chi connectivity index (χ2v) is 12.4. The van der Waals surface area contributed by atoms with Crippen molar-refractivity contribution in [2.24, 2.45) is 0 Å². The lowest BCUT2D eigenvalue weighted by molar-refractivity contribution is -0.144. The second kappa shape index (κ2) is 15.6. The summed E-state index contributed by atoms with van der Waals surface area (Å²) in [5, 5.41) is 26.9. The van der Waals surface area contributed by atoms with Gasteiger partial charge in [-0.05, 0) is 85.3 Å². The molecule has 2 fully saturated rings. The average molecular weight is 671 g/mol. The van der Waals surface area contributed by atoms with E-state index in [0.717, 1.165) is 11.1 Å². The maximum absolute atomic E-state index is 13.1. The highest BCUT2D eigenvalue weighted by molar-refractivity contribution is 5.99. The summed E-state index contributed by atoms with van der Waals surface area (Å²) in [5.41, 5.74) is 3.58. The molecule has 4 atom stereocenters. The van der Waals surface area contributed by atoms with E-state index in [4.69, 9.17) is 0 Å². The van der Waals surface area contributed by atoms with Crippen LogP contribution in [0.1, 0.15) is 60.1 Å². The zero-order valence-electron chi connectivity index (χ0n) is 27.4. The number of hydrogen-bond donors (Lipinski definition) is 4. The van der Waals surface area contributed by atoms with Gasteiger partial charge in [0.1, 0.15) is 12.1 Å². The van der Waals surface area contributed by atoms with E-state index in [1.807, 2.05) is 12.1 Å². The molecule has 4 aromatic carbocycles. The molecule has 0 radical (unpaired) electrons. The Morgan fingerprint density at radius 3 is 1.28 bits per heavy atom. The Balaban J connectivity index is 1.01. The summed E-state index contributed by atoms with van der Waals surface area (Å²) in [6, 6.07) is 30.2. The molecule has 50 heavy (non-hydrogen) atoms. The summed E-state index contributed by atoms with van der Waals surface area (Å²) in [5.74, 6) is 4.61. The van der Waals surface area contributed by atoms with Gasteiger partial charge in [-0.2, -0.15) is 0 Å². The molecule has 4 amide bonds. The van der Waals surface area contributed by atoms with Gasteiger partial charge in [-0.15, -0.1) is 0 Å². The van der Waals surface area contributed by atoms with Crippen molar-refractivity contribution in [2.75, 3.05) is 23.7 Å². The van der Waals surface area contributed by atoms with E-state index >= 15 is 0 Å². The lowest BCUT2D eigenvalue weighted by Crippen LogP contribution is -2.45. The minimum atomic E-state index is -1.32. The summed E-state index contributed by atoms with van der Waals surface area (Å²) >= 11 is 0. The Morgan fingerprint density at radius 1 is 0.560 bits per heavy atom. The van der Waals surface area contributed by atoms with Gasteiger partial charge in [0, 0.05) is 35.6 Å². The van der Waals surface area contributed by atoms with Crippen molar-refractivity contribution in [1.82, 2.24) is 9.80 Å². The Kier molecular flexibility index (Phi) is 10.7. The van der Waals surface area contributed by atoms with Crippen LogP contribution in [0.4, 0.5) is 11.4 Å². The van der Waals surface area contributed by atoms with Gasteiger partial charge in [0.05, 0.1) is 0 Å². The van der Waals surface area contributed by atoms with Crippen molar-refractivity contribution >= 4 is 35.0 Å². The monoisotopic (exact) mass is 670 g/mol. The van der Waals surface area contributed by atoms with Gasteiger partial charge in [-0.3, -0.25) is 19.2 Å². The van der Waals surface area contributed by atoms with E-state index in [-0.39, 0.29) is 11.8 Å². The third-order valence-corrected chi connectivity index (χ3v) is 9.03. The number of nitrogens with zero attached hydrogens (tertiary/aromatic N) is 2. The lowest BCUT2D eigenvalue weighted by atomic mass is 10.1. The molecule has 254 valence electrons. The van der Waals surface area contributed by atoms with Crippen molar-refractivity contribution in [3.8, 4) is 11.8 Å². The molecule has 10 nitrogen and oxygen atoms in total. The number of rotatable bonds is 8. The van der Waals surface area contributed by atoms with Gasteiger partial charge in [0.15, 0.2) is 12.2 Å². The zero-order valence-corrected chi connectivity index (χ0v) is 27.4. The summed E-state index contributed by atoms with van der Waals surface area (Å²) in [6.07, 6.45) is -0.260. The van der Waals surface area contributed by atoms with Crippen LogP contribution < -0.4 is 10.6 Å². The number of carbonyl (C=O) groups excluding carboxylic acids is 4. The number of nitrogens with one attached hydrogen (secondary N) is 2. The molecule has 6 rings (SSSR count). The van der Waals surface area contributed by atoms with E-state index in [1.165, 1.54) is 9.80 Å². The predicted octanol–water partition coefficient (Wildman–Crippen LogP) is 4.41. The molecule has 4 aromatic rings. The third kappa shape index (κ3) is 7.92. The number of amides is 4. The molecule has 0 bridgehead atoms. The number of carbonyl (C=O) groups is 4. The SMILES string of the molecule is O=C(Nc1ccc(C#Cc2ccc(NC(=O)[C@@H]3CCCN3C(=O)[C@@H](O)c3ccccc3)cc2)cc1)[C@H]1CCCN1C(=O)[C@H](O)c1ccccc1. The minimum Gasteiger partial charge on any atom is -0.378 e. The highest BCUT2D eigenvalue weighted by Gasteiger charge is 2.38. The minimum absolute atomic E-state index is 0.306. The van der Waals surface area contributed by atoms with Crippen LogP contribution in [0.5, 0.6) is 0 Å². The standard InChI is InChI=1S/C40H38N4O6/c45-35(29-9-3-1-4-10-29)39(49)43-25-7-13-33(43)37(47)41-31-21-17-27(18-22-31)15-16-28-19-23-32(24-20-28)42-38(48)34-14-8-26-44(34)40(50)36(46)30-11-5-2-6-12-30/h1-6,9-12,17-24,33-36,45-46H,7-8,13-14,25-26H2,(H,41,47)(H,42,48)/t33-,34+,35-,36+. The molecule has 4 N–H and O–H groups in total. The van der Waals surface area contributed by atoms with Crippen LogP contribution >= 0.6 is 0 Å². The Bertz CT molecular complexity index is 1750. The summed E-state index contributed by atoms with van der Waals surface area (Å²) in [4.78, 5) is 55.1. The molecular weight excluding hydrogens is 632 g/mol. The van der Waals surface area contributed by atoms with Gasteiger partial charge in [0.2, 0.25) is 11.8 Å². The number of aliphatic hydroxyl groups excluding tert-OH is 2.